The third-order valence-corrected chi connectivity index (χ3v) is 4.00. The van der Waals surface area contributed by atoms with Crippen LogP contribution in [-0.2, 0) is 11.7 Å². The SMILES string of the molecule is N#Cc1cccc(Oc2ccc3c(c2C(F)F)C(O)(O)C(F)(F)C3(F)F)n1. The topological polar surface area (TPSA) is 86.4 Å². The van der Waals surface area contributed by atoms with E-state index in [1.807, 2.05) is 0 Å². The number of aromatic nitrogens is 1. The summed E-state index contributed by atoms with van der Waals surface area (Å²) in [5.41, 5.74) is -5.09. The fourth-order valence-corrected chi connectivity index (χ4v) is 2.73. The van der Waals surface area contributed by atoms with Gasteiger partial charge in [0.25, 0.3) is 12.2 Å². The van der Waals surface area contributed by atoms with E-state index < -0.39 is 52.4 Å². The van der Waals surface area contributed by atoms with Gasteiger partial charge in [0.2, 0.25) is 5.88 Å². The van der Waals surface area contributed by atoms with E-state index in [4.69, 9.17) is 10.00 Å². The number of hydrogen-bond acceptors (Lipinski definition) is 5. The first-order valence-electron chi connectivity index (χ1n) is 7.16. The number of hydrogen-bond donors (Lipinski definition) is 2. The summed E-state index contributed by atoms with van der Waals surface area (Å²) in [7, 11) is 0. The largest absolute Gasteiger partial charge is 0.438 e. The zero-order valence-corrected chi connectivity index (χ0v) is 12.9. The van der Waals surface area contributed by atoms with Crippen LogP contribution < -0.4 is 4.74 Å². The smallest absolute Gasteiger partial charge is 0.371 e. The highest BCUT2D eigenvalue weighted by molar-refractivity contribution is 5.55. The van der Waals surface area contributed by atoms with Crippen molar-refractivity contribution in [1.29, 1.82) is 5.26 Å². The van der Waals surface area contributed by atoms with Crippen molar-refractivity contribution in [3.05, 3.63) is 52.7 Å². The van der Waals surface area contributed by atoms with Crippen molar-refractivity contribution in [2.45, 2.75) is 24.1 Å². The second-order valence-corrected chi connectivity index (χ2v) is 5.60. The molecule has 0 spiro atoms. The van der Waals surface area contributed by atoms with Gasteiger partial charge in [0.1, 0.15) is 17.5 Å². The average molecular weight is 390 g/mol. The van der Waals surface area contributed by atoms with Crippen LogP contribution in [0.5, 0.6) is 11.6 Å². The summed E-state index contributed by atoms with van der Waals surface area (Å²) in [5, 5.41) is 27.9. The minimum atomic E-state index is -5.45. The number of nitrogens with zero attached hydrogens (tertiary/aromatic N) is 2. The predicted octanol–water partition coefficient (Wildman–Crippen LogP) is 3.56. The molecule has 27 heavy (non-hydrogen) atoms. The van der Waals surface area contributed by atoms with Crippen molar-refractivity contribution in [1.82, 2.24) is 4.98 Å². The molecule has 1 aromatic heterocycles. The minimum Gasteiger partial charge on any atom is -0.438 e. The molecular weight excluding hydrogens is 382 g/mol. The lowest BCUT2D eigenvalue weighted by molar-refractivity contribution is -0.358. The normalized spacial score (nSPS) is 18.8. The van der Waals surface area contributed by atoms with E-state index in [0.29, 0.717) is 12.1 Å². The summed E-state index contributed by atoms with van der Waals surface area (Å²) >= 11 is 0. The van der Waals surface area contributed by atoms with Gasteiger partial charge in [-0.3, -0.25) is 0 Å². The van der Waals surface area contributed by atoms with E-state index in [1.165, 1.54) is 12.1 Å². The first-order chi connectivity index (χ1) is 12.4. The van der Waals surface area contributed by atoms with Crippen LogP contribution in [0.1, 0.15) is 28.8 Å². The van der Waals surface area contributed by atoms with Crippen molar-refractivity contribution in [2.75, 3.05) is 0 Å². The quantitative estimate of drug-likeness (QED) is 0.618. The summed E-state index contributed by atoms with van der Waals surface area (Å²) in [6, 6.07) is 6.23. The Morgan fingerprint density at radius 2 is 1.74 bits per heavy atom. The van der Waals surface area contributed by atoms with E-state index in [-0.39, 0.29) is 5.69 Å². The third-order valence-electron chi connectivity index (χ3n) is 4.00. The molecular formula is C16H8F6N2O3. The Kier molecular flexibility index (Phi) is 4.09. The van der Waals surface area contributed by atoms with Crippen LogP contribution in [0.3, 0.4) is 0 Å². The Morgan fingerprint density at radius 3 is 2.33 bits per heavy atom. The summed E-state index contributed by atoms with van der Waals surface area (Å²) in [6.45, 7) is 0. The van der Waals surface area contributed by atoms with Gasteiger partial charge in [0.15, 0.2) is 0 Å². The molecule has 2 aromatic rings. The van der Waals surface area contributed by atoms with Gasteiger partial charge in [0.05, 0.1) is 5.56 Å². The molecule has 1 aliphatic rings. The molecule has 1 aromatic carbocycles. The van der Waals surface area contributed by atoms with Crippen LogP contribution in [0.2, 0.25) is 0 Å². The zero-order chi connectivity index (χ0) is 20.2. The number of aliphatic hydroxyl groups is 2. The first kappa shape index (κ1) is 18.9. The van der Waals surface area contributed by atoms with Crippen LogP contribution in [0, 0.1) is 11.3 Å². The third kappa shape index (κ3) is 2.52. The molecule has 142 valence electrons. The molecule has 1 aliphatic carbocycles. The zero-order valence-electron chi connectivity index (χ0n) is 12.9. The number of alkyl halides is 6. The summed E-state index contributed by atoms with van der Waals surface area (Å²) < 4.78 is 87.5. The van der Waals surface area contributed by atoms with Crippen molar-refractivity contribution in [3.63, 3.8) is 0 Å². The van der Waals surface area contributed by atoms with E-state index in [0.717, 1.165) is 6.07 Å². The molecule has 0 saturated heterocycles. The standard InChI is InChI=1S/C16H8F6N2O3/c17-13(18)11-9(27-10-3-1-2-7(6-23)24-10)5-4-8-12(11)15(25,26)16(21,22)14(8,19)20/h1-5,13,25-26H. The second-order valence-electron chi connectivity index (χ2n) is 5.60. The maximum absolute atomic E-state index is 13.9. The number of pyridine rings is 1. The molecule has 0 aliphatic heterocycles. The van der Waals surface area contributed by atoms with Crippen LogP contribution in [-0.4, -0.2) is 21.1 Å². The molecule has 5 nitrogen and oxygen atoms in total. The van der Waals surface area contributed by atoms with Gasteiger partial charge in [-0.05, 0) is 18.2 Å². The van der Waals surface area contributed by atoms with Gasteiger partial charge < -0.3 is 14.9 Å². The number of nitriles is 1. The van der Waals surface area contributed by atoms with E-state index in [1.54, 1.807) is 6.07 Å². The van der Waals surface area contributed by atoms with Gasteiger partial charge in [-0.2, -0.15) is 22.8 Å². The first-order valence-corrected chi connectivity index (χ1v) is 7.16. The molecule has 0 radical (unpaired) electrons. The molecule has 2 N–H and O–H groups in total. The van der Waals surface area contributed by atoms with E-state index >= 15 is 0 Å². The molecule has 11 heteroatoms. The Morgan fingerprint density at radius 1 is 1.07 bits per heavy atom. The van der Waals surface area contributed by atoms with Gasteiger partial charge in [-0.25, -0.2) is 13.8 Å². The predicted molar refractivity (Wildman–Crippen MR) is 75.4 cm³/mol. The maximum Gasteiger partial charge on any atom is 0.371 e. The monoisotopic (exact) mass is 390 g/mol. The van der Waals surface area contributed by atoms with Crippen LogP contribution in [0.4, 0.5) is 26.3 Å². The van der Waals surface area contributed by atoms with Crippen LogP contribution in [0.25, 0.3) is 0 Å². The number of fused-ring (bicyclic) bond motifs is 1. The Bertz CT molecular complexity index is 956. The maximum atomic E-state index is 13.9. The summed E-state index contributed by atoms with van der Waals surface area (Å²) in [6.07, 6.45) is -3.67. The van der Waals surface area contributed by atoms with E-state index in [9.17, 15) is 36.6 Å². The lowest BCUT2D eigenvalue weighted by Crippen LogP contribution is -2.49. The van der Waals surface area contributed by atoms with Gasteiger partial charge in [-0.15, -0.1) is 0 Å². The molecule has 0 bridgehead atoms. The van der Waals surface area contributed by atoms with Crippen LogP contribution >= 0.6 is 0 Å². The number of ether oxygens (including phenoxy) is 1. The summed E-state index contributed by atoms with van der Waals surface area (Å²) in [5.74, 6) is -16.4. The van der Waals surface area contributed by atoms with Crippen molar-refractivity contribution < 1.29 is 41.3 Å². The van der Waals surface area contributed by atoms with Crippen molar-refractivity contribution in [3.8, 4) is 17.7 Å². The Hall–Kier alpha value is -2.84. The highest BCUT2D eigenvalue weighted by Crippen LogP contribution is 2.62. The average Bonchev–Trinajstić information content (AvgIpc) is 2.70. The number of benzene rings is 1. The molecule has 0 fully saturated rings. The Labute approximate surface area is 147 Å². The minimum absolute atomic E-state index is 0.163. The summed E-state index contributed by atoms with van der Waals surface area (Å²) in [4.78, 5) is 3.62. The fraction of sp³-hybridized carbons (Fsp3) is 0.250. The molecule has 0 saturated carbocycles. The van der Waals surface area contributed by atoms with E-state index in [2.05, 4.69) is 4.98 Å². The molecule has 0 unspecified atom stereocenters. The molecule has 1 heterocycles. The molecule has 3 rings (SSSR count). The fourth-order valence-electron chi connectivity index (χ4n) is 2.73. The molecule has 0 atom stereocenters. The van der Waals surface area contributed by atoms with Crippen molar-refractivity contribution in [2.24, 2.45) is 0 Å². The highest BCUT2D eigenvalue weighted by atomic mass is 19.3. The Balaban J connectivity index is 2.22. The number of halogens is 6. The number of rotatable bonds is 3. The van der Waals surface area contributed by atoms with Gasteiger partial charge >= 0.3 is 11.8 Å². The molecule has 0 amide bonds. The lowest BCUT2D eigenvalue weighted by atomic mass is 9.98. The lowest BCUT2D eigenvalue weighted by Gasteiger charge is -2.28. The highest BCUT2D eigenvalue weighted by Gasteiger charge is 2.77. The van der Waals surface area contributed by atoms with Gasteiger partial charge in [-0.1, -0.05) is 6.07 Å². The van der Waals surface area contributed by atoms with Crippen molar-refractivity contribution >= 4 is 0 Å². The van der Waals surface area contributed by atoms with Crippen LogP contribution in [0.15, 0.2) is 30.3 Å². The van der Waals surface area contributed by atoms with Gasteiger partial charge in [0, 0.05) is 17.2 Å². The second kappa shape index (κ2) is 5.83.